The lowest BCUT2D eigenvalue weighted by Gasteiger charge is -2.30. The molecule has 0 amide bonds. The van der Waals surface area contributed by atoms with E-state index in [0.29, 0.717) is 17.4 Å². The number of nitrogens with zero attached hydrogens (tertiary/aromatic N) is 1. The van der Waals surface area contributed by atoms with Crippen LogP contribution in [0.25, 0.3) is 0 Å². The van der Waals surface area contributed by atoms with Crippen LogP contribution in [0.5, 0.6) is 0 Å². The zero-order chi connectivity index (χ0) is 13.8. The Balaban J connectivity index is 2.28. The Bertz CT molecular complexity index is 513. The second-order valence-corrected chi connectivity index (χ2v) is 4.73. The maximum atomic E-state index is 11.9. The fourth-order valence-electron chi connectivity index (χ4n) is 2.13. The van der Waals surface area contributed by atoms with Gasteiger partial charge in [-0.2, -0.15) is 0 Å². The van der Waals surface area contributed by atoms with Gasteiger partial charge in [-0.15, -0.1) is 0 Å². The molecule has 19 heavy (non-hydrogen) atoms. The van der Waals surface area contributed by atoms with Gasteiger partial charge >= 0.3 is 5.97 Å². The van der Waals surface area contributed by atoms with E-state index in [1.54, 1.807) is 6.92 Å². The first-order chi connectivity index (χ1) is 9.13. The maximum Gasteiger partial charge on any atom is 0.353 e. The SMILES string of the molecule is CCOC(=O)C1=NC(=S)NC(c2ccccc2)C1C. The minimum Gasteiger partial charge on any atom is -0.461 e. The number of aliphatic imine (C=N–C) groups is 1. The number of carbonyl (C=O) groups excluding carboxylic acids is 1. The van der Waals surface area contributed by atoms with Gasteiger partial charge in [-0.25, -0.2) is 9.79 Å². The highest BCUT2D eigenvalue weighted by atomic mass is 32.1. The van der Waals surface area contributed by atoms with Gasteiger partial charge in [0.25, 0.3) is 0 Å². The fourth-order valence-corrected chi connectivity index (χ4v) is 2.35. The van der Waals surface area contributed by atoms with Crippen LogP contribution in [-0.4, -0.2) is 23.4 Å². The number of benzene rings is 1. The summed E-state index contributed by atoms with van der Waals surface area (Å²) < 4.78 is 5.03. The van der Waals surface area contributed by atoms with E-state index in [4.69, 9.17) is 17.0 Å². The van der Waals surface area contributed by atoms with Gasteiger partial charge in [-0.05, 0) is 24.7 Å². The molecule has 5 heteroatoms. The van der Waals surface area contributed by atoms with Gasteiger partial charge in [0, 0.05) is 5.92 Å². The molecule has 2 atom stereocenters. The number of hydrogen-bond donors (Lipinski definition) is 1. The summed E-state index contributed by atoms with van der Waals surface area (Å²) in [6.45, 7) is 4.06. The van der Waals surface area contributed by atoms with Crippen molar-refractivity contribution in [3.05, 3.63) is 35.9 Å². The molecule has 1 aromatic rings. The molecule has 1 aromatic carbocycles. The van der Waals surface area contributed by atoms with E-state index in [0.717, 1.165) is 5.56 Å². The van der Waals surface area contributed by atoms with Crippen molar-refractivity contribution < 1.29 is 9.53 Å². The first-order valence-corrected chi connectivity index (χ1v) is 6.65. The number of hydrogen-bond acceptors (Lipinski definition) is 3. The van der Waals surface area contributed by atoms with Crippen molar-refractivity contribution in [3.63, 3.8) is 0 Å². The topological polar surface area (TPSA) is 50.7 Å². The zero-order valence-electron chi connectivity index (χ0n) is 10.9. The molecule has 100 valence electrons. The number of rotatable bonds is 3. The second kappa shape index (κ2) is 5.93. The molecule has 0 saturated heterocycles. The average Bonchev–Trinajstić information content (AvgIpc) is 2.42. The van der Waals surface area contributed by atoms with Gasteiger partial charge in [0.05, 0.1) is 12.6 Å². The largest absolute Gasteiger partial charge is 0.461 e. The number of nitrogens with one attached hydrogen (secondary N) is 1. The molecule has 0 spiro atoms. The van der Waals surface area contributed by atoms with Crippen LogP contribution in [0, 0.1) is 5.92 Å². The third-order valence-corrected chi connectivity index (χ3v) is 3.28. The van der Waals surface area contributed by atoms with Crippen molar-refractivity contribution in [1.29, 1.82) is 0 Å². The second-order valence-electron chi connectivity index (χ2n) is 4.34. The first kappa shape index (κ1) is 13.7. The Labute approximate surface area is 117 Å². The minimum atomic E-state index is -0.389. The molecule has 2 unspecified atom stereocenters. The normalized spacial score (nSPS) is 22.4. The van der Waals surface area contributed by atoms with Gasteiger partial charge in [-0.1, -0.05) is 37.3 Å². The molecular weight excluding hydrogens is 260 g/mol. The van der Waals surface area contributed by atoms with Gasteiger partial charge in [-0.3, -0.25) is 0 Å². The summed E-state index contributed by atoms with van der Waals surface area (Å²) in [7, 11) is 0. The molecule has 1 aliphatic heterocycles. The van der Waals surface area contributed by atoms with Crippen LogP contribution in [0.2, 0.25) is 0 Å². The van der Waals surface area contributed by atoms with E-state index in [-0.39, 0.29) is 17.9 Å². The van der Waals surface area contributed by atoms with Crippen molar-refractivity contribution in [2.45, 2.75) is 19.9 Å². The first-order valence-electron chi connectivity index (χ1n) is 6.24. The number of carbonyl (C=O) groups is 1. The Morgan fingerprint density at radius 3 is 2.74 bits per heavy atom. The molecule has 1 heterocycles. The standard InChI is InChI=1S/C14H16N2O2S/c1-3-18-13(17)12-9(2)11(15-14(19)16-12)10-7-5-4-6-8-10/h4-9,11H,3H2,1-2H3,(H,15,19). The third kappa shape index (κ3) is 2.98. The van der Waals surface area contributed by atoms with Crippen LogP contribution in [0.15, 0.2) is 35.3 Å². The molecule has 0 aromatic heterocycles. The zero-order valence-corrected chi connectivity index (χ0v) is 11.7. The van der Waals surface area contributed by atoms with E-state index >= 15 is 0 Å². The molecule has 0 bridgehead atoms. The summed E-state index contributed by atoms with van der Waals surface area (Å²) in [4.78, 5) is 16.0. The predicted molar refractivity (Wildman–Crippen MR) is 78.1 cm³/mol. The quantitative estimate of drug-likeness (QED) is 0.679. The molecule has 2 rings (SSSR count). The Morgan fingerprint density at radius 1 is 1.42 bits per heavy atom. The van der Waals surface area contributed by atoms with E-state index in [1.807, 2.05) is 37.3 Å². The lowest BCUT2D eigenvalue weighted by atomic mass is 9.89. The van der Waals surface area contributed by atoms with Gasteiger partial charge in [0.1, 0.15) is 5.71 Å². The predicted octanol–water partition coefficient (Wildman–Crippen LogP) is 2.26. The Kier molecular flexibility index (Phi) is 4.27. The molecule has 0 saturated carbocycles. The highest BCUT2D eigenvalue weighted by Gasteiger charge is 2.33. The maximum absolute atomic E-state index is 11.9. The van der Waals surface area contributed by atoms with Crippen molar-refractivity contribution in [1.82, 2.24) is 5.32 Å². The molecule has 0 fully saturated rings. The minimum absolute atomic E-state index is 0.0504. The summed E-state index contributed by atoms with van der Waals surface area (Å²) in [6, 6.07) is 9.84. The Hall–Kier alpha value is -1.75. The lowest BCUT2D eigenvalue weighted by Crippen LogP contribution is -2.42. The summed E-state index contributed by atoms with van der Waals surface area (Å²) in [5.41, 5.74) is 1.47. The average molecular weight is 276 g/mol. The van der Waals surface area contributed by atoms with Crippen LogP contribution in [0.4, 0.5) is 0 Å². The van der Waals surface area contributed by atoms with Crippen LogP contribution < -0.4 is 5.32 Å². The number of ether oxygens (including phenoxy) is 1. The van der Waals surface area contributed by atoms with Crippen molar-refractivity contribution in [3.8, 4) is 0 Å². The van der Waals surface area contributed by atoms with Crippen molar-refractivity contribution >= 4 is 29.0 Å². The molecule has 0 radical (unpaired) electrons. The summed E-state index contributed by atoms with van der Waals surface area (Å²) >= 11 is 5.11. The van der Waals surface area contributed by atoms with E-state index in [2.05, 4.69) is 10.3 Å². The van der Waals surface area contributed by atoms with Crippen LogP contribution in [-0.2, 0) is 9.53 Å². The molecule has 0 aliphatic carbocycles. The fraction of sp³-hybridized carbons (Fsp3) is 0.357. The number of thiocarbonyl (C=S) groups is 1. The van der Waals surface area contributed by atoms with Gasteiger partial charge in [0.2, 0.25) is 0 Å². The monoisotopic (exact) mass is 276 g/mol. The van der Waals surface area contributed by atoms with E-state index < -0.39 is 0 Å². The Morgan fingerprint density at radius 2 is 2.11 bits per heavy atom. The van der Waals surface area contributed by atoms with Crippen molar-refractivity contribution in [2.75, 3.05) is 6.61 Å². The highest BCUT2D eigenvalue weighted by Crippen LogP contribution is 2.26. The highest BCUT2D eigenvalue weighted by molar-refractivity contribution is 7.80. The van der Waals surface area contributed by atoms with Crippen LogP contribution in [0.3, 0.4) is 0 Å². The summed E-state index contributed by atoms with van der Waals surface area (Å²) in [5.74, 6) is -0.479. The van der Waals surface area contributed by atoms with Crippen LogP contribution >= 0.6 is 12.2 Å². The van der Waals surface area contributed by atoms with Gasteiger partial charge < -0.3 is 10.1 Å². The van der Waals surface area contributed by atoms with Gasteiger partial charge in [0.15, 0.2) is 5.11 Å². The smallest absolute Gasteiger partial charge is 0.353 e. The van der Waals surface area contributed by atoms with E-state index in [9.17, 15) is 4.79 Å². The third-order valence-electron chi connectivity index (χ3n) is 3.08. The summed E-state index contributed by atoms with van der Waals surface area (Å²) in [5, 5.41) is 3.47. The van der Waals surface area contributed by atoms with Crippen LogP contribution in [0.1, 0.15) is 25.5 Å². The van der Waals surface area contributed by atoms with Crippen molar-refractivity contribution in [2.24, 2.45) is 10.9 Å². The van der Waals surface area contributed by atoms with E-state index in [1.165, 1.54) is 0 Å². The lowest BCUT2D eigenvalue weighted by molar-refractivity contribution is -0.135. The molecular formula is C14H16N2O2S. The molecule has 1 N–H and O–H groups in total. The molecule has 4 nitrogen and oxygen atoms in total. The summed E-state index contributed by atoms with van der Waals surface area (Å²) in [6.07, 6.45) is 0. The molecule has 1 aliphatic rings. The number of esters is 1.